The van der Waals surface area contributed by atoms with Crippen LogP contribution in [-0.4, -0.2) is 20.8 Å². The molecule has 3 aromatic rings. The third-order valence-corrected chi connectivity index (χ3v) is 13.9. The van der Waals surface area contributed by atoms with Gasteiger partial charge in [-0.15, -0.1) is 0 Å². The molecule has 1 saturated heterocycles. The molecule has 0 aliphatic carbocycles. The highest BCUT2D eigenvalue weighted by Crippen LogP contribution is 2.50. The third kappa shape index (κ3) is 7.32. The number of ether oxygens (including phenoxy) is 1. The van der Waals surface area contributed by atoms with Gasteiger partial charge in [0.1, 0.15) is 18.2 Å². The van der Waals surface area contributed by atoms with Gasteiger partial charge in [0.2, 0.25) is 5.91 Å². The largest absolute Gasteiger partial charge is 0.489 e. The van der Waals surface area contributed by atoms with Gasteiger partial charge in [0.15, 0.2) is 8.32 Å². The lowest BCUT2D eigenvalue weighted by Gasteiger charge is -2.48. The number of rotatable bonds is 11. The number of β-lactam (4-membered cyclic amide) rings is 1. The number of carbonyl (C=O) groups is 1. The zero-order valence-electron chi connectivity index (χ0n) is 24.3. The Morgan fingerprint density at radius 2 is 1.76 bits per heavy atom. The van der Waals surface area contributed by atoms with E-state index < -0.39 is 8.32 Å². The molecule has 218 valence electrons. The van der Waals surface area contributed by atoms with Crippen molar-refractivity contribution in [3.63, 3.8) is 0 Å². The monoisotopic (exact) mass is 749 g/mol. The first-order chi connectivity index (χ1) is 19.3. The number of benzene rings is 3. The smallest absolute Gasteiger partial charge is 0.233 e. The van der Waals surface area contributed by atoms with Crippen LogP contribution in [0.3, 0.4) is 0 Å². The lowest BCUT2D eigenvalue weighted by atomic mass is 9.78. The van der Waals surface area contributed by atoms with Crippen molar-refractivity contribution in [2.45, 2.75) is 63.9 Å². The van der Waals surface area contributed by atoms with Crippen molar-refractivity contribution in [3.8, 4) is 5.75 Å². The maximum Gasteiger partial charge on any atom is 0.233 e. The number of hydrogen-bond acceptors (Lipinski definition) is 3. The fraction of sp³-hybridized carbons (Fsp3) is 0.364. The van der Waals surface area contributed by atoms with Crippen molar-refractivity contribution in [1.82, 2.24) is 0 Å². The summed E-state index contributed by atoms with van der Waals surface area (Å²) in [4.78, 5) is 15.7. The Labute approximate surface area is 266 Å². The number of anilines is 1. The van der Waals surface area contributed by atoms with E-state index in [1.54, 1.807) is 6.08 Å². The quantitative estimate of drug-likeness (QED) is 0.0848. The summed E-state index contributed by atoms with van der Waals surface area (Å²) in [6, 6.07) is 20.4. The van der Waals surface area contributed by atoms with Crippen LogP contribution in [-0.2, 0) is 9.22 Å². The fourth-order valence-electron chi connectivity index (χ4n) is 4.94. The highest BCUT2D eigenvalue weighted by Gasteiger charge is 2.50. The summed E-state index contributed by atoms with van der Waals surface area (Å²) in [6.45, 7) is 15.3. The molecule has 4 nitrogen and oxygen atoms in total. The van der Waals surface area contributed by atoms with Crippen molar-refractivity contribution in [2.24, 2.45) is 5.92 Å². The first-order valence-corrected chi connectivity index (χ1v) is 18.7. The minimum atomic E-state index is -2.15. The molecule has 0 N–H and O–H groups in total. The van der Waals surface area contributed by atoms with E-state index in [-0.39, 0.29) is 34.8 Å². The predicted molar refractivity (Wildman–Crippen MR) is 179 cm³/mol. The van der Waals surface area contributed by atoms with Gasteiger partial charge in [-0.2, -0.15) is 0 Å². The van der Waals surface area contributed by atoms with Crippen LogP contribution in [0.25, 0.3) is 0 Å². The zero-order chi connectivity index (χ0) is 29.9. The van der Waals surface area contributed by atoms with E-state index in [9.17, 15) is 9.18 Å². The van der Waals surface area contributed by atoms with Gasteiger partial charge in [0.25, 0.3) is 0 Å². The van der Waals surface area contributed by atoms with E-state index >= 15 is 0 Å². The Morgan fingerprint density at radius 1 is 1.10 bits per heavy atom. The minimum absolute atomic E-state index is 0.0110. The predicted octanol–water partition coefficient (Wildman–Crippen LogP) is 10.0. The molecule has 1 fully saturated rings. The molecule has 1 heterocycles. The first kappa shape index (κ1) is 31.9. The van der Waals surface area contributed by atoms with Crippen LogP contribution in [0.5, 0.6) is 5.75 Å². The number of amides is 1. The van der Waals surface area contributed by atoms with Gasteiger partial charge in [0, 0.05) is 19.3 Å². The molecular formula is C33H38BrFINO3Si. The minimum Gasteiger partial charge on any atom is -0.489 e. The average molecular weight is 751 g/mol. The van der Waals surface area contributed by atoms with E-state index in [0.29, 0.717) is 19.4 Å². The van der Waals surface area contributed by atoms with Crippen molar-refractivity contribution in [1.29, 1.82) is 0 Å². The topological polar surface area (TPSA) is 38.8 Å². The lowest BCUT2D eigenvalue weighted by molar-refractivity contribution is -0.131. The van der Waals surface area contributed by atoms with E-state index in [4.69, 9.17) is 9.16 Å². The molecule has 0 saturated carbocycles. The number of hydrogen-bond donors (Lipinski definition) is 0. The molecule has 3 atom stereocenters. The third-order valence-electron chi connectivity index (χ3n) is 8.19. The summed E-state index contributed by atoms with van der Waals surface area (Å²) in [5.41, 5.74) is 2.76. The highest BCUT2D eigenvalue weighted by atomic mass is 127. The number of nitrogens with zero attached hydrogens (tertiary/aromatic N) is 1. The van der Waals surface area contributed by atoms with E-state index in [0.717, 1.165) is 30.6 Å². The van der Waals surface area contributed by atoms with Gasteiger partial charge >= 0.3 is 0 Å². The summed E-state index contributed by atoms with van der Waals surface area (Å²) in [5.74, 6) is 0.311. The summed E-state index contributed by atoms with van der Waals surface area (Å²) in [7, 11) is -2.15. The number of carbonyl (C=O) groups excluding carboxylic acids is 1. The van der Waals surface area contributed by atoms with E-state index in [1.807, 2.05) is 47.4 Å². The zero-order valence-corrected chi connectivity index (χ0v) is 29.0. The molecule has 3 aromatic carbocycles. The summed E-state index contributed by atoms with van der Waals surface area (Å²) >= 11 is 5.79. The van der Waals surface area contributed by atoms with Crippen LogP contribution >= 0.6 is 38.5 Å². The van der Waals surface area contributed by atoms with Crippen molar-refractivity contribution in [3.05, 3.63) is 104 Å². The molecule has 8 heteroatoms. The second-order valence-electron chi connectivity index (χ2n) is 12.0. The molecular weight excluding hydrogens is 712 g/mol. The molecule has 4 rings (SSSR count). The van der Waals surface area contributed by atoms with Gasteiger partial charge in [-0.3, -0.25) is 4.79 Å². The van der Waals surface area contributed by atoms with Crippen molar-refractivity contribution < 1.29 is 18.3 Å². The van der Waals surface area contributed by atoms with Gasteiger partial charge in [0.05, 0.1) is 18.1 Å². The molecule has 0 aromatic heterocycles. The summed E-state index contributed by atoms with van der Waals surface area (Å²) < 4.78 is 28.8. The SMILES string of the molecule is C=CCOc1cc(I)ccc1[C@@H]1[C@@H](CC[C@H](O[Si](C)(C)C(C)(C)C)c2ccc(F)cc2)C(=O)N1c1ccc(Br)cc1. The standard InChI is InChI=1S/C33H38BrFINO3Si/c1-7-20-39-30-21-25(36)14-17-27(30)31-28(32(38)37(31)26-15-10-23(34)11-16-26)18-19-29(22-8-12-24(35)13-9-22)40-41(5,6)33(2,3)4/h7-17,21,28-29,31H,1,18-20H2,2-6H3/t28-,29+,31-/m1/s1. The molecule has 0 spiro atoms. The molecule has 1 aliphatic heterocycles. The van der Waals surface area contributed by atoms with Crippen LogP contribution in [0, 0.1) is 15.3 Å². The molecule has 0 unspecified atom stereocenters. The van der Waals surface area contributed by atoms with Crippen molar-refractivity contribution >= 4 is 58.4 Å². The summed E-state index contributed by atoms with van der Waals surface area (Å²) in [6.07, 6.45) is 2.76. The Kier molecular flexibility index (Phi) is 10.2. The Morgan fingerprint density at radius 3 is 2.37 bits per heavy atom. The van der Waals surface area contributed by atoms with Crippen LogP contribution < -0.4 is 9.64 Å². The van der Waals surface area contributed by atoms with Gasteiger partial charge < -0.3 is 14.1 Å². The molecule has 0 bridgehead atoms. The molecule has 0 radical (unpaired) electrons. The Bertz CT molecular complexity index is 1370. The second-order valence-corrected chi connectivity index (χ2v) is 18.9. The summed E-state index contributed by atoms with van der Waals surface area (Å²) in [5, 5.41) is 0.0110. The number of halogens is 3. The van der Waals surface area contributed by atoms with E-state index in [1.165, 1.54) is 12.1 Å². The van der Waals surface area contributed by atoms with Crippen LogP contribution in [0.2, 0.25) is 18.1 Å². The molecule has 1 amide bonds. The maximum atomic E-state index is 13.8. The fourth-order valence-corrected chi connectivity index (χ4v) is 6.98. The van der Waals surface area contributed by atoms with E-state index in [2.05, 4.69) is 91.1 Å². The molecule has 41 heavy (non-hydrogen) atoms. The van der Waals surface area contributed by atoms with Gasteiger partial charge in [-0.25, -0.2) is 4.39 Å². The highest BCUT2D eigenvalue weighted by molar-refractivity contribution is 14.1. The maximum absolute atomic E-state index is 13.8. The lowest BCUT2D eigenvalue weighted by Crippen LogP contribution is -2.55. The van der Waals surface area contributed by atoms with Crippen molar-refractivity contribution in [2.75, 3.05) is 11.5 Å². The van der Waals surface area contributed by atoms with Gasteiger partial charge in [-0.05, 0) is 108 Å². The van der Waals surface area contributed by atoms with Crippen LogP contribution in [0.1, 0.15) is 56.9 Å². The van der Waals surface area contributed by atoms with Gasteiger partial charge in [-0.1, -0.05) is 67.6 Å². The van der Waals surface area contributed by atoms with Crippen LogP contribution in [0.15, 0.2) is 83.9 Å². The second kappa shape index (κ2) is 13.1. The Balaban J connectivity index is 1.68. The molecule has 1 aliphatic rings. The Hall–Kier alpha value is -2.01. The normalized spacial score (nSPS) is 18.1. The van der Waals surface area contributed by atoms with Crippen LogP contribution in [0.4, 0.5) is 10.1 Å². The average Bonchev–Trinajstić information content (AvgIpc) is 2.91. The first-order valence-electron chi connectivity index (χ1n) is 13.9.